The first-order valence-corrected chi connectivity index (χ1v) is 4.51. The minimum absolute atomic E-state index is 0.0544. The summed E-state index contributed by atoms with van der Waals surface area (Å²) in [5.74, 6) is -0.852. The van der Waals surface area contributed by atoms with Crippen molar-refractivity contribution in [1.29, 1.82) is 0 Å². The Bertz CT molecular complexity index is 400. The predicted molar refractivity (Wildman–Crippen MR) is 51.9 cm³/mol. The molecule has 1 heterocycles. The first kappa shape index (κ1) is 12.1. The molecule has 0 unspecified atom stereocenters. The zero-order chi connectivity index (χ0) is 12.1. The first-order chi connectivity index (χ1) is 7.60. The molecular formula is C8H11N3O5. The summed E-state index contributed by atoms with van der Waals surface area (Å²) < 4.78 is 5.61. The maximum Gasteiger partial charge on any atom is 0.365 e. The third-order valence-electron chi connectivity index (χ3n) is 1.86. The molecule has 0 radical (unpaired) electrons. The molecule has 0 aliphatic carbocycles. The number of aliphatic hydroxyl groups is 1. The van der Waals surface area contributed by atoms with Crippen molar-refractivity contribution in [3.63, 3.8) is 0 Å². The number of nitrogens with zero attached hydrogens (tertiary/aromatic N) is 3. The molecule has 0 amide bonds. The number of hydrogen-bond donors (Lipinski definition) is 1. The lowest BCUT2D eigenvalue weighted by Crippen LogP contribution is -2.07. The zero-order valence-electron chi connectivity index (χ0n) is 8.62. The second-order valence-corrected chi connectivity index (χ2v) is 2.95. The van der Waals surface area contributed by atoms with Gasteiger partial charge in [0.25, 0.3) is 0 Å². The van der Waals surface area contributed by atoms with Crippen LogP contribution in [0.5, 0.6) is 0 Å². The minimum atomic E-state index is -0.852. The van der Waals surface area contributed by atoms with Gasteiger partial charge in [0.05, 0.1) is 12.0 Å². The summed E-state index contributed by atoms with van der Waals surface area (Å²) in [5.41, 5.74) is -0.727. The molecule has 0 bridgehead atoms. The molecule has 16 heavy (non-hydrogen) atoms. The molecule has 8 heteroatoms. The summed E-state index contributed by atoms with van der Waals surface area (Å²) in [6.45, 7) is 0.246. The predicted octanol–water partition coefficient (Wildman–Crippen LogP) is -0.0397. The molecule has 1 N–H and O–H groups in total. The molecule has 0 aliphatic rings. The van der Waals surface area contributed by atoms with Crippen LogP contribution in [0.15, 0.2) is 6.20 Å². The van der Waals surface area contributed by atoms with Crippen LogP contribution < -0.4 is 0 Å². The van der Waals surface area contributed by atoms with Gasteiger partial charge < -0.3 is 9.84 Å². The first-order valence-electron chi connectivity index (χ1n) is 4.51. The largest absolute Gasteiger partial charge is 0.464 e. The number of rotatable bonds is 5. The highest BCUT2D eigenvalue weighted by Crippen LogP contribution is 2.17. The van der Waals surface area contributed by atoms with Crippen molar-refractivity contribution in [1.82, 2.24) is 9.78 Å². The lowest BCUT2D eigenvalue weighted by molar-refractivity contribution is -0.385. The quantitative estimate of drug-likeness (QED) is 0.431. The molecule has 1 aromatic rings. The van der Waals surface area contributed by atoms with Crippen LogP contribution in [0.2, 0.25) is 0 Å². The Hall–Kier alpha value is -1.96. The summed E-state index contributed by atoms with van der Waals surface area (Å²) in [4.78, 5) is 21.1. The highest BCUT2D eigenvalue weighted by Gasteiger charge is 2.25. The van der Waals surface area contributed by atoms with Crippen LogP contribution in [0.3, 0.4) is 0 Å². The van der Waals surface area contributed by atoms with Crippen molar-refractivity contribution in [3.05, 3.63) is 22.0 Å². The number of carbonyl (C=O) groups is 1. The molecule has 0 atom stereocenters. The summed E-state index contributed by atoms with van der Waals surface area (Å²) >= 11 is 0. The molecule has 8 nitrogen and oxygen atoms in total. The van der Waals surface area contributed by atoms with E-state index in [-0.39, 0.29) is 12.3 Å². The fraction of sp³-hybridized carbons (Fsp3) is 0.500. The van der Waals surface area contributed by atoms with Crippen LogP contribution in [-0.2, 0) is 11.3 Å². The van der Waals surface area contributed by atoms with Crippen molar-refractivity contribution in [2.45, 2.75) is 13.0 Å². The number of aliphatic hydroxyl groups excluding tert-OH is 1. The molecule has 0 saturated heterocycles. The maximum atomic E-state index is 11.2. The highest BCUT2D eigenvalue weighted by atomic mass is 16.6. The SMILES string of the molecule is COC(=O)c1nn(CCCO)cc1[N+](=O)[O-]. The number of aromatic nitrogens is 2. The van der Waals surface area contributed by atoms with Gasteiger partial charge in [-0.3, -0.25) is 14.8 Å². The summed E-state index contributed by atoms with van der Waals surface area (Å²) in [5, 5.41) is 23.0. The highest BCUT2D eigenvalue weighted by molar-refractivity contribution is 5.91. The Morgan fingerprint density at radius 2 is 2.44 bits per heavy atom. The van der Waals surface area contributed by atoms with E-state index in [9.17, 15) is 14.9 Å². The average molecular weight is 229 g/mol. The maximum absolute atomic E-state index is 11.2. The lowest BCUT2D eigenvalue weighted by Gasteiger charge is -1.96. The van der Waals surface area contributed by atoms with E-state index >= 15 is 0 Å². The van der Waals surface area contributed by atoms with E-state index in [0.29, 0.717) is 13.0 Å². The summed E-state index contributed by atoms with van der Waals surface area (Å²) in [7, 11) is 1.12. The number of hydrogen-bond acceptors (Lipinski definition) is 6. The van der Waals surface area contributed by atoms with Crippen molar-refractivity contribution < 1.29 is 19.6 Å². The normalized spacial score (nSPS) is 10.1. The molecule has 88 valence electrons. The minimum Gasteiger partial charge on any atom is -0.464 e. The number of nitro groups is 1. The Kier molecular flexibility index (Phi) is 3.95. The van der Waals surface area contributed by atoms with Crippen molar-refractivity contribution in [2.24, 2.45) is 0 Å². The van der Waals surface area contributed by atoms with Gasteiger partial charge in [-0.1, -0.05) is 0 Å². The number of esters is 1. The van der Waals surface area contributed by atoms with Gasteiger partial charge >= 0.3 is 11.7 Å². The van der Waals surface area contributed by atoms with E-state index in [1.165, 1.54) is 4.68 Å². The Labute approximate surface area is 90.6 Å². The fourth-order valence-corrected chi connectivity index (χ4v) is 1.13. The zero-order valence-corrected chi connectivity index (χ0v) is 8.62. The third-order valence-corrected chi connectivity index (χ3v) is 1.86. The molecule has 1 rings (SSSR count). The van der Waals surface area contributed by atoms with Crippen molar-refractivity contribution >= 4 is 11.7 Å². The monoisotopic (exact) mass is 229 g/mol. The number of carbonyl (C=O) groups excluding carboxylic acids is 1. The molecule has 0 spiro atoms. The van der Waals surface area contributed by atoms with Gasteiger partial charge in [-0.25, -0.2) is 4.79 Å². The van der Waals surface area contributed by atoms with Gasteiger partial charge in [-0.2, -0.15) is 5.10 Å². The van der Waals surface area contributed by atoms with Gasteiger partial charge in [0.1, 0.15) is 6.20 Å². The van der Waals surface area contributed by atoms with E-state index in [1.54, 1.807) is 0 Å². The number of methoxy groups -OCH3 is 1. The van der Waals surface area contributed by atoms with Gasteiger partial charge in [0.2, 0.25) is 5.69 Å². The molecule has 0 aliphatic heterocycles. The Balaban J connectivity index is 3.00. The van der Waals surface area contributed by atoms with Crippen molar-refractivity contribution in [3.8, 4) is 0 Å². The smallest absolute Gasteiger partial charge is 0.365 e. The van der Waals surface area contributed by atoms with Crippen LogP contribution in [0.25, 0.3) is 0 Å². The average Bonchev–Trinajstić information content (AvgIpc) is 2.69. The lowest BCUT2D eigenvalue weighted by atomic mass is 10.4. The van der Waals surface area contributed by atoms with Gasteiger partial charge in [0, 0.05) is 13.2 Å². The van der Waals surface area contributed by atoms with Crippen LogP contribution in [0.4, 0.5) is 5.69 Å². The third kappa shape index (κ3) is 2.54. The van der Waals surface area contributed by atoms with Crippen LogP contribution >= 0.6 is 0 Å². The molecule has 0 aromatic carbocycles. The van der Waals surface area contributed by atoms with E-state index in [1.807, 2.05) is 0 Å². The van der Waals surface area contributed by atoms with E-state index in [4.69, 9.17) is 5.11 Å². The standard InChI is InChI=1S/C8H11N3O5/c1-16-8(13)7-6(11(14)15)5-10(9-7)3-2-4-12/h5,12H,2-4H2,1H3. The van der Waals surface area contributed by atoms with Gasteiger partial charge in [-0.15, -0.1) is 0 Å². The molecule has 0 fully saturated rings. The van der Waals surface area contributed by atoms with Crippen LogP contribution in [0.1, 0.15) is 16.9 Å². The second kappa shape index (κ2) is 5.21. The number of ether oxygens (including phenoxy) is 1. The summed E-state index contributed by atoms with van der Waals surface area (Å²) in [6, 6.07) is 0. The fourth-order valence-electron chi connectivity index (χ4n) is 1.13. The Morgan fingerprint density at radius 1 is 1.75 bits per heavy atom. The molecule has 1 aromatic heterocycles. The molecular weight excluding hydrogens is 218 g/mol. The van der Waals surface area contributed by atoms with Crippen LogP contribution in [0, 0.1) is 10.1 Å². The summed E-state index contributed by atoms with van der Waals surface area (Å²) in [6.07, 6.45) is 1.54. The van der Waals surface area contributed by atoms with Crippen LogP contribution in [-0.4, -0.2) is 39.5 Å². The van der Waals surface area contributed by atoms with Gasteiger partial charge in [-0.05, 0) is 6.42 Å². The number of aryl methyl sites for hydroxylation is 1. The molecule has 0 saturated carbocycles. The van der Waals surface area contributed by atoms with Crippen molar-refractivity contribution in [2.75, 3.05) is 13.7 Å². The second-order valence-electron chi connectivity index (χ2n) is 2.95. The topological polar surface area (TPSA) is 107 Å². The Morgan fingerprint density at radius 3 is 2.94 bits per heavy atom. The van der Waals surface area contributed by atoms with E-state index in [2.05, 4.69) is 9.84 Å². The van der Waals surface area contributed by atoms with Gasteiger partial charge in [0.15, 0.2) is 0 Å². The van der Waals surface area contributed by atoms with E-state index < -0.39 is 16.6 Å². The van der Waals surface area contributed by atoms with E-state index in [0.717, 1.165) is 13.3 Å².